The lowest BCUT2D eigenvalue weighted by molar-refractivity contribution is -0.131. The van der Waals surface area contributed by atoms with E-state index in [0.29, 0.717) is 17.6 Å². The number of carbonyl (C=O) groups is 2. The highest BCUT2D eigenvalue weighted by atomic mass is 16.4. The zero-order valence-corrected chi connectivity index (χ0v) is 8.93. The average molecular weight is 216 g/mol. The molecule has 0 heterocycles. The van der Waals surface area contributed by atoms with Gasteiger partial charge in [-0.05, 0) is 17.9 Å². The largest absolute Gasteiger partial charge is 0.478 e. The molecule has 16 heavy (non-hydrogen) atoms. The van der Waals surface area contributed by atoms with Crippen LogP contribution in [0.3, 0.4) is 0 Å². The van der Waals surface area contributed by atoms with Crippen LogP contribution in [-0.4, -0.2) is 16.9 Å². The fourth-order valence-electron chi connectivity index (χ4n) is 2.11. The lowest BCUT2D eigenvalue weighted by Gasteiger charge is -2.22. The van der Waals surface area contributed by atoms with Gasteiger partial charge in [0.2, 0.25) is 0 Å². The zero-order chi connectivity index (χ0) is 11.7. The Morgan fingerprint density at radius 1 is 1.44 bits per heavy atom. The summed E-state index contributed by atoms with van der Waals surface area (Å²) in [7, 11) is 0. The number of fused-ring (bicyclic) bond motifs is 1. The van der Waals surface area contributed by atoms with E-state index in [0.717, 1.165) is 11.6 Å². The first-order chi connectivity index (χ1) is 7.59. The number of allylic oxidation sites excluding steroid dienone is 1. The molecule has 1 unspecified atom stereocenters. The summed E-state index contributed by atoms with van der Waals surface area (Å²) in [6.45, 7) is 2.00. The third-order valence-electron chi connectivity index (χ3n) is 2.85. The van der Waals surface area contributed by atoms with Gasteiger partial charge in [-0.3, -0.25) is 4.79 Å². The van der Waals surface area contributed by atoms with Crippen LogP contribution in [0.5, 0.6) is 0 Å². The Labute approximate surface area is 93.4 Å². The molecule has 3 heteroatoms. The van der Waals surface area contributed by atoms with Gasteiger partial charge in [-0.1, -0.05) is 31.2 Å². The summed E-state index contributed by atoms with van der Waals surface area (Å²) in [5.74, 6) is -1.02. The van der Waals surface area contributed by atoms with Crippen molar-refractivity contribution in [1.82, 2.24) is 0 Å². The van der Waals surface area contributed by atoms with Crippen LogP contribution in [0.2, 0.25) is 0 Å². The normalized spacial score (nSPS) is 21.9. The van der Waals surface area contributed by atoms with Crippen molar-refractivity contribution in [2.45, 2.75) is 19.3 Å². The third-order valence-corrected chi connectivity index (χ3v) is 2.85. The molecule has 1 aromatic carbocycles. The maximum Gasteiger partial charge on any atom is 0.328 e. The fraction of sp³-hybridized carbons (Fsp3) is 0.231. The first-order valence-corrected chi connectivity index (χ1v) is 5.16. The Bertz CT molecular complexity index is 486. The van der Waals surface area contributed by atoms with Gasteiger partial charge >= 0.3 is 5.97 Å². The molecule has 82 valence electrons. The molecule has 3 nitrogen and oxygen atoms in total. The second-order valence-corrected chi connectivity index (χ2v) is 4.03. The molecule has 0 aliphatic heterocycles. The second kappa shape index (κ2) is 3.93. The van der Waals surface area contributed by atoms with E-state index in [4.69, 9.17) is 5.11 Å². The highest BCUT2D eigenvalue weighted by Crippen LogP contribution is 2.33. The average Bonchev–Trinajstić information content (AvgIpc) is 2.25. The molecule has 1 aliphatic rings. The van der Waals surface area contributed by atoms with Crippen molar-refractivity contribution in [3.63, 3.8) is 0 Å². The van der Waals surface area contributed by atoms with Crippen molar-refractivity contribution in [2.75, 3.05) is 0 Å². The fourth-order valence-corrected chi connectivity index (χ4v) is 2.11. The molecule has 1 atom stereocenters. The van der Waals surface area contributed by atoms with E-state index in [2.05, 4.69) is 0 Å². The van der Waals surface area contributed by atoms with E-state index in [9.17, 15) is 9.59 Å². The standard InChI is InChI=1S/C13H12O3/c1-8-6-9(7-12(14)15)13(16)11-5-3-2-4-10(8)11/h2-5,7-8H,6H2,1H3,(H,14,15)/b9-7-. The van der Waals surface area contributed by atoms with E-state index in [1.807, 2.05) is 19.1 Å². The predicted octanol–water partition coefficient (Wildman–Crippen LogP) is 2.39. The predicted molar refractivity (Wildman–Crippen MR) is 59.5 cm³/mol. The lowest BCUT2D eigenvalue weighted by Crippen LogP contribution is -2.17. The minimum Gasteiger partial charge on any atom is -0.478 e. The van der Waals surface area contributed by atoms with Gasteiger partial charge in [0.15, 0.2) is 5.78 Å². The zero-order valence-electron chi connectivity index (χ0n) is 8.93. The van der Waals surface area contributed by atoms with Gasteiger partial charge in [-0.15, -0.1) is 0 Å². The Morgan fingerprint density at radius 3 is 2.81 bits per heavy atom. The summed E-state index contributed by atoms with van der Waals surface area (Å²) >= 11 is 0. The highest BCUT2D eigenvalue weighted by molar-refractivity contribution is 6.13. The number of Topliss-reactive ketones (excluding diaryl/α,β-unsaturated/α-hetero) is 1. The molecule has 1 aromatic rings. The van der Waals surface area contributed by atoms with Crippen LogP contribution >= 0.6 is 0 Å². The van der Waals surface area contributed by atoms with Gasteiger partial charge in [-0.25, -0.2) is 4.79 Å². The van der Waals surface area contributed by atoms with E-state index in [-0.39, 0.29) is 11.7 Å². The Kier molecular flexibility index (Phi) is 2.60. The van der Waals surface area contributed by atoms with Crippen LogP contribution in [0.1, 0.15) is 35.2 Å². The molecular formula is C13H12O3. The molecule has 0 saturated heterocycles. The minimum absolute atomic E-state index is 0.156. The van der Waals surface area contributed by atoms with E-state index < -0.39 is 5.97 Å². The molecule has 1 N–H and O–H groups in total. The van der Waals surface area contributed by atoms with Crippen molar-refractivity contribution < 1.29 is 14.7 Å². The number of aliphatic carboxylic acids is 1. The van der Waals surface area contributed by atoms with Gasteiger partial charge in [-0.2, -0.15) is 0 Å². The van der Waals surface area contributed by atoms with Crippen LogP contribution in [0.25, 0.3) is 0 Å². The number of carbonyl (C=O) groups excluding carboxylic acids is 1. The molecule has 0 spiro atoms. The first-order valence-electron chi connectivity index (χ1n) is 5.16. The van der Waals surface area contributed by atoms with Crippen LogP contribution in [0.15, 0.2) is 35.9 Å². The summed E-state index contributed by atoms with van der Waals surface area (Å²) in [4.78, 5) is 22.6. The molecule has 0 aromatic heterocycles. The molecule has 1 aliphatic carbocycles. The number of benzene rings is 1. The van der Waals surface area contributed by atoms with Gasteiger partial charge in [0.1, 0.15) is 0 Å². The summed E-state index contributed by atoms with van der Waals surface area (Å²) in [5.41, 5.74) is 2.03. The molecule has 0 radical (unpaired) electrons. The van der Waals surface area contributed by atoms with Gasteiger partial charge in [0.25, 0.3) is 0 Å². The Balaban J connectivity index is 2.50. The molecule has 0 saturated carbocycles. The Hall–Kier alpha value is -1.90. The van der Waals surface area contributed by atoms with E-state index in [1.165, 1.54) is 0 Å². The number of rotatable bonds is 1. The van der Waals surface area contributed by atoms with Gasteiger partial charge in [0.05, 0.1) is 0 Å². The summed E-state index contributed by atoms with van der Waals surface area (Å²) in [6.07, 6.45) is 1.52. The van der Waals surface area contributed by atoms with Crippen molar-refractivity contribution in [3.05, 3.63) is 47.0 Å². The number of hydrogen-bond donors (Lipinski definition) is 1. The Morgan fingerprint density at radius 2 is 2.12 bits per heavy atom. The smallest absolute Gasteiger partial charge is 0.328 e. The van der Waals surface area contributed by atoms with Crippen LogP contribution in [0.4, 0.5) is 0 Å². The van der Waals surface area contributed by atoms with Crippen molar-refractivity contribution in [3.8, 4) is 0 Å². The topological polar surface area (TPSA) is 54.4 Å². The monoisotopic (exact) mass is 216 g/mol. The maximum absolute atomic E-state index is 12.0. The minimum atomic E-state index is -1.06. The van der Waals surface area contributed by atoms with E-state index in [1.54, 1.807) is 12.1 Å². The summed E-state index contributed by atoms with van der Waals surface area (Å²) in [6, 6.07) is 7.38. The van der Waals surface area contributed by atoms with Crippen molar-refractivity contribution >= 4 is 11.8 Å². The lowest BCUT2D eigenvalue weighted by atomic mass is 9.80. The second-order valence-electron chi connectivity index (χ2n) is 4.03. The van der Waals surface area contributed by atoms with Crippen molar-refractivity contribution in [2.24, 2.45) is 0 Å². The first kappa shape index (κ1) is 10.6. The molecular weight excluding hydrogens is 204 g/mol. The highest BCUT2D eigenvalue weighted by Gasteiger charge is 2.26. The summed E-state index contributed by atoms with van der Waals surface area (Å²) < 4.78 is 0. The van der Waals surface area contributed by atoms with Crippen LogP contribution in [0, 0.1) is 0 Å². The van der Waals surface area contributed by atoms with Gasteiger partial charge in [0, 0.05) is 17.2 Å². The quantitative estimate of drug-likeness (QED) is 0.733. The van der Waals surface area contributed by atoms with Crippen molar-refractivity contribution in [1.29, 1.82) is 0 Å². The molecule has 0 fully saturated rings. The maximum atomic E-state index is 12.0. The molecule has 0 bridgehead atoms. The van der Waals surface area contributed by atoms with Crippen LogP contribution < -0.4 is 0 Å². The number of carboxylic acids is 1. The van der Waals surface area contributed by atoms with Crippen LogP contribution in [-0.2, 0) is 4.79 Å². The number of carboxylic acid groups (broad SMARTS) is 1. The number of hydrogen-bond acceptors (Lipinski definition) is 2. The molecule has 2 rings (SSSR count). The van der Waals surface area contributed by atoms with E-state index >= 15 is 0 Å². The van der Waals surface area contributed by atoms with Gasteiger partial charge < -0.3 is 5.11 Å². The SMILES string of the molecule is CC1C/C(=C/C(=O)O)C(=O)c2ccccc21. The number of ketones is 1. The third kappa shape index (κ3) is 1.76. The molecule has 0 amide bonds. The summed E-state index contributed by atoms with van der Waals surface area (Å²) in [5, 5.41) is 8.69.